The summed E-state index contributed by atoms with van der Waals surface area (Å²) in [6, 6.07) is 8.66. The topological polar surface area (TPSA) is 39.1 Å². The highest BCUT2D eigenvalue weighted by Gasteiger charge is 2.09. The fourth-order valence-electron chi connectivity index (χ4n) is 1.91. The van der Waals surface area contributed by atoms with Gasteiger partial charge in [-0.05, 0) is 30.7 Å². The first-order valence-corrected chi connectivity index (χ1v) is 6.31. The van der Waals surface area contributed by atoms with Crippen molar-refractivity contribution in [1.82, 2.24) is 15.1 Å². The van der Waals surface area contributed by atoms with Crippen LogP contribution in [0.15, 0.2) is 36.5 Å². The van der Waals surface area contributed by atoms with Crippen LogP contribution in [0.1, 0.15) is 24.2 Å². The number of nitrogens with zero attached hydrogens (tertiary/aromatic N) is 2. The second-order valence-corrected chi connectivity index (χ2v) is 4.50. The smallest absolute Gasteiger partial charge is 0.387 e. The Morgan fingerprint density at radius 2 is 2.15 bits per heavy atom. The summed E-state index contributed by atoms with van der Waals surface area (Å²) in [7, 11) is 1.87. The SMILES string of the molecule is CC(NCc1ccnn1C)c1cccc(OC(F)F)c1. The van der Waals surface area contributed by atoms with Gasteiger partial charge in [0.2, 0.25) is 0 Å². The number of hydrogen-bond acceptors (Lipinski definition) is 3. The maximum atomic E-state index is 12.2. The summed E-state index contributed by atoms with van der Waals surface area (Å²) < 4.78 is 30.6. The molecule has 1 unspecified atom stereocenters. The minimum atomic E-state index is -2.80. The van der Waals surface area contributed by atoms with Crippen molar-refractivity contribution in [2.45, 2.75) is 26.1 Å². The molecule has 0 aliphatic carbocycles. The fraction of sp³-hybridized carbons (Fsp3) is 0.357. The van der Waals surface area contributed by atoms with Crippen LogP contribution in [0.4, 0.5) is 8.78 Å². The molecule has 0 amide bonds. The summed E-state index contributed by atoms with van der Waals surface area (Å²) in [4.78, 5) is 0. The molecule has 1 aromatic heterocycles. The van der Waals surface area contributed by atoms with Crippen molar-refractivity contribution in [3.8, 4) is 5.75 Å². The predicted octanol–water partition coefficient (Wildman–Crippen LogP) is 2.87. The molecule has 0 saturated heterocycles. The zero-order chi connectivity index (χ0) is 14.5. The highest BCUT2D eigenvalue weighted by molar-refractivity contribution is 5.30. The third-order valence-electron chi connectivity index (χ3n) is 3.10. The van der Waals surface area contributed by atoms with Crippen LogP contribution in [0.3, 0.4) is 0 Å². The van der Waals surface area contributed by atoms with Gasteiger partial charge in [0.15, 0.2) is 0 Å². The van der Waals surface area contributed by atoms with E-state index < -0.39 is 6.61 Å². The van der Waals surface area contributed by atoms with Gasteiger partial charge in [0.05, 0.1) is 5.69 Å². The molecular weight excluding hydrogens is 264 g/mol. The Bertz CT molecular complexity index is 557. The van der Waals surface area contributed by atoms with Crippen LogP contribution in [-0.2, 0) is 13.6 Å². The summed E-state index contributed by atoms with van der Waals surface area (Å²) in [6.45, 7) is -0.182. The molecule has 0 spiro atoms. The van der Waals surface area contributed by atoms with E-state index in [4.69, 9.17) is 0 Å². The first kappa shape index (κ1) is 14.5. The number of aromatic nitrogens is 2. The summed E-state index contributed by atoms with van der Waals surface area (Å²) in [5, 5.41) is 7.41. The molecule has 4 nitrogen and oxygen atoms in total. The van der Waals surface area contributed by atoms with Crippen LogP contribution in [0.25, 0.3) is 0 Å². The molecule has 2 rings (SSSR count). The van der Waals surface area contributed by atoms with Crippen LogP contribution in [0.2, 0.25) is 0 Å². The average molecular weight is 281 g/mol. The van der Waals surface area contributed by atoms with Crippen molar-refractivity contribution >= 4 is 0 Å². The third-order valence-corrected chi connectivity index (χ3v) is 3.10. The molecular formula is C14H17F2N3O. The van der Waals surface area contributed by atoms with Crippen molar-refractivity contribution in [2.75, 3.05) is 0 Å². The van der Waals surface area contributed by atoms with E-state index in [1.54, 1.807) is 23.0 Å². The fourth-order valence-corrected chi connectivity index (χ4v) is 1.91. The van der Waals surface area contributed by atoms with E-state index in [0.717, 1.165) is 11.3 Å². The maximum Gasteiger partial charge on any atom is 0.387 e. The molecule has 1 N–H and O–H groups in total. The standard InChI is InChI=1S/C14H17F2N3O/c1-10(17-9-12-6-7-18-19(12)2)11-4-3-5-13(8-11)20-14(15)16/h3-8,10,14,17H,9H2,1-2H3. The van der Waals surface area contributed by atoms with Crippen LogP contribution in [-0.4, -0.2) is 16.4 Å². The van der Waals surface area contributed by atoms with E-state index >= 15 is 0 Å². The minimum absolute atomic E-state index is 0.0196. The molecule has 0 fully saturated rings. The monoisotopic (exact) mass is 281 g/mol. The van der Waals surface area contributed by atoms with E-state index in [9.17, 15) is 8.78 Å². The lowest BCUT2D eigenvalue weighted by atomic mass is 10.1. The van der Waals surface area contributed by atoms with E-state index in [0.29, 0.717) is 6.54 Å². The van der Waals surface area contributed by atoms with Gasteiger partial charge >= 0.3 is 6.61 Å². The average Bonchev–Trinajstić information content (AvgIpc) is 2.81. The number of benzene rings is 1. The molecule has 0 saturated carbocycles. The molecule has 108 valence electrons. The Balaban J connectivity index is 1.98. The van der Waals surface area contributed by atoms with Gasteiger partial charge in [-0.25, -0.2) is 0 Å². The van der Waals surface area contributed by atoms with Gasteiger partial charge in [-0.15, -0.1) is 0 Å². The summed E-state index contributed by atoms with van der Waals surface area (Å²) in [5.74, 6) is 0.173. The molecule has 0 radical (unpaired) electrons. The third kappa shape index (κ3) is 3.77. The Hall–Kier alpha value is -1.95. The molecule has 0 bridgehead atoms. The van der Waals surface area contributed by atoms with Crippen molar-refractivity contribution < 1.29 is 13.5 Å². The van der Waals surface area contributed by atoms with Crippen LogP contribution < -0.4 is 10.1 Å². The molecule has 1 heterocycles. The normalized spacial score (nSPS) is 12.7. The number of hydrogen-bond donors (Lipinski definition) is 1. The second kappa shape index (κ2) is 6.47. The molecule has 1 aromatic carbocycles. The van der Waals surface area contributed by atoms with Crippen molar-refractivity contribution in [3.05, 3.63) is 47.8 Å². The van der Waals surface area contributed by atoms with Gasteiger partial charge in [-0.1, -0.05) is 12.1 Å². The number of rotatable bonds is 6. The lowest BCUT2D eigenvalue weighted by molar-refractivity contribution is -0.0499. The van der Waals surface area contributed by atoms with Gasteiger partial charge < -0.3 is 10.1 Å². The van der Waals surface area contributed by atoms with Crippen molar-refractivity contribution in [3.63, 3.8) is 0 Å². The first-order valence-electron chi connectivity index (χ1n) is 6.31. The Labute approximate surface area is 116 Å². The van der Waals surface area contributed by atoms with Crippen LogP contribution >= 0.6 is 0 Å². The van der Waals surface area contributed by atoms with E-state index in [1.807, 2.05) is 26.1 Å². The van der Waals surface area contributed by atoms with Gasteiger partial charge in [0.1, 0.15) is 5.75 Å². The van der Waals surface area contributed by atoms with Gasteiger partial charge in [0.25, 0.3) is 0 Å². The zero-order valence-corrected chi connectivity index (χ0v) is 11.4. The first-order chi connectivity index (χ1) is 9.56. The van der Waals surface area contributed by atoms with E-state index in [2.05, 4.69) is 15.2 Å². The predicted molar refractivity (Wildman–Crippen MR) is 71.5 cm³/mol. The zero-order valence-electron chi connectivity index (χ0n) is 11.4. The van der Waals surface area contributed by atoms with Crippen molar-refractivity contribution in [1.29, 1.82) is 0 Å². The number of nitrogens with one attached hydrogen (secondary N) is 1. The largest absolute Gasteiger partial charge is 0.435 e. The summed E-state index contributed by atoms with van der Waals surface area (Å²) in [5.41, 5.74) is 1.95. The van der Waals surface area contributed by atoms with Crippen LogP contribution in [0.5, 0.6) is 5.75 Å². The number of aryl methyl sites for hydroxylation is 1. The highest BCUT2D eigenvalue weighted by atomic mass is 19.3. The molecule has 20 heavy (non-hydrogen) atoms. The van der Waals surface area contributed by atoms with Gasteiger partial charge in [-0.3, -0.25) is 4.68 Å². The number of alkyl halides is 2. The quantitative estimate of drug-likeness (QED) is 0.885. The van der Waals surface area contributed by atoms with Gasteiger partial charge in [0, 0.05) is 25.8 Å². The number of ether oxygens (including phenoxy) is 1. The Morgan fingerprint density at radius 3 is 2.80 bits per heavy atom. The van der Waals surface area contributed by atoms with E-state index in [1.165, 1.54) is 6.07 Å². The minimum Gasteiger partial charge on any atom is -0.435 e. The summed E-state index contributed by atoms with van der Waals surface area (Å²) in [6.07, 6.45) is 1.73. The van der Waals surface area contributed by atoms with Crippen molar-refractivity contribution in [2.24, 2.45) is 7.05 Å². The van der Waals surface area contributed by atoms with Crippen LogP contribution in [0, 0.1) is 0 Å². The summed E-state index contributed by atoms with van der Waals surface area (Å²) >= 11 is 0. The molecule has 1 atom stereocenters. The highest BCUT2D eigenvalue weighted by Crippen LogP contribution is 2.20. The second-order valence-electron chi connectivity index (χ2n) is 4.50. The molecule has 6 heteroatoms. The maximum absolute atomic E-state index is 12.2. The number of halogens is 2. The Kier molecular flexibility index (Phi) is 4.68. The lowest BCUT2D eigenvalue weighted by Gasteiger charge is -2.15. The lowest BCUT2D eigenvalue weighted by Crippen LogP contribution is -2.19. The van der Waals surface area contributed by atoms with Gasteiger partial charge in [-0.2, -0.15) is 13.9 Å². The Morgan fingerprint density at radius 1 is 1.35 bits per heavy atom. The molecule has 2 aromatic rings. The molecule has 0 aliphatic heterocycles. The molecule has 0 aliphatic rings. The van der Waals surface area contributed by atoms with E-state index in [-0.39, 0.29) is 11.8 Å².